The van der Waals surface area contributed by atoms with E-state index in [1.807, 2.05) is 0 Å². The van der Waals surface area contributed by atoms with Gasteiger partial charge in [0.05, 0.1) is 24.2 Å². The van der Waals surface area contributed by atoms with Crippen LogP contribution in [0.1, 0.15) is 11.3 Å². The number of hydrogen-bond acceptors (Lipinski definition) is 4. The molecular formula is C20H18Cl2N2O4S. The zero-order valence-corrected chi connectivity index (χ0v) is 17.5. The van der Waals surface area contributed by atoms with E-state index >= 15 is 0 Å². The van der Waals surface area contributed by atoms with Crippen molar-refractivity contribution < 1.29 is 17.6 Å². The average Bonchev–Trinajstić information content (AvgIpc) is 3.21. The smallest absolute Gasteiger partial charge is 0.243 e. The van der Waals surface area contributed by atoms with Crippen LogP contribution in [0.15, 0.2) is 76.2 Å². The summed E-state index contributed by atoms with van der Waals surface area (Å²) < 4.78 is 32.6. The summed E-state index contributed by atoms with van der Waals surface area (Å²) in [5, 5.41) is 3.62. The van der Waals surface area contributed by atoms with Gasteiger partial charge in [-0.05, 0) is 54.1 Å². The van der Waals surface area contributed by atoms with Gasteiger partial charge in [0.15, 0.2) is 0 Å². The second-order valence-electron chi connectivity index (χ2n) is 6.21. The number of carbonyl (C=O) groups is 1. The summed E-state index contributed by atoms with van der Waals surface area (Å²) in [6.45, 7) is -0.174. The molecule has 0 aliphatic carbocycles. The highest BCUT2D eigenvalue weighted by Crippen LogP contribution is 2.21. The van der Waals surface area contributed by atoms with Gasteiger partial charge in [-0.15, -0.1) is 0 Å². The molecule has 0 fully saturated rings. The number of furan rings is 1. The number of nitrogens with one attached hydrogen (secondary N) is 1. The van der Waals surface area contributed by atoms with Crippen LogP contribution in [-0.2, 0) is 27.9 Å². The van der Waals surface area contributed by atoms with Gasteiger partial charge in [0, 0.05) is 16.6 Å². The minimum atomic E-state index is -3.94. The van der Waals surface area contributed by atoms with Gasteiger partial charge in [-0.1, -0.05) is 35.3 Å². The quantitative estimate of drug-likeness (QED) is 0.557. The number of nitrogens with zero attached hydrogens (tertiary/aromatic N) is 1. The van der Waals surface area contributed by atoms with E-state index in [4.69, 9.17) is 27.6 Å². The molecule has 2 aromatic carbocycles. The molecule has 1 amide bonds. The lowest BCUT2D eigenvalue weighted by atomic mass is 10.2. The summed E-state index contributed by atoms with van der Waals surface area (Å²) in [4.78, 5) is 12.5. The first kappa shape index (κ1) is 21.4. The molecule has 29 heavy (non-hydrogen) atoms. The third-order valence-corrected chi connectivity index (χ3v) is 6.39. The van der Waals surface area contributed by atoms with E-state index in [0.29, 0.717) is 21.4 Å². The van der Waals surface area contributed by atoms with Crippen LogP contribution < -0.4 is 5.32 Å². The van der Waals surface area contributed by atoms with Crippen molar-refractivity contribution >= 4 is 39.1 Å². The Kier molecular flexibility index (Phi) is 6.97. The van der Waals surface area contributed by atoms with Crippen molar-refractivity contribution in [1.82, 2.24) is 9.62 Å². The van der Waals surface area contributed by atoms with E-state index < -0.39 is 15.9 Å². The lowest BCUT2D eigenvalue weighted by Gasteiger charge is -2.22. The van der Waals surface area contributed by atoms with Gasteiger partial charge in [0.2, 0.25) is 15.9 Å². The number of amides is 1. The maximum absolute atomic E-state index is 13.1. The molecule has 3 rings (SSSR count). The minimum Gasteiger partial charge on any atom is -0.467 e. The van der Waals surface area contributed by atoms with Gasteiger partial charge in [-0.2, -0.15) is 4.31 Å². The molecule has 1 N–H and O–H groups in total. The summed E-state index contributed by atoms with van der Waals surface area (Å²) >= 11 is 11.8. The standard InChI is InChI=1S/C20H18Cl2N2O4S/c21-16-5-3-15(4-6-16)13-24(14-20(25)23-12-18-2-1-11-28-18)29(26,27)19-9-7-17(22)8-10-19/h1-11H,12-14H2,(H,23,25). The summed E-state index contributed by atoms with van der Waals surface area (Å²) in [5.41, 5.74) is 0.700. The molecule has 9 heteroatoms. The highest BCUT2D eigenvalue weighted by molar-refractivity contribution is 7.89. The molecular weight excluding hydrogens is 435 g/mol. The molecule has 0 bridgehead atoms. The molecule has 0 atom stereocenters. The van der Waals surface area contributed by atoms with Crippen molar-refractivity contribution in [3.63, 3.8) is 0 Å². The van der Waals surface area contributed by atoms with Gasteiger partial charge < -0.3 is 9.73 Å². The number of sulfonamides is 1. The Morgan fingerprint density at radius 1 is 0.966 bits per heavy atom. The zero-order chi connectivity index (χ0) is 20.9. The maximum Gasteiger partial charge on any atom is 0.243 e. The fraction of sp³-hybridized carbons (Fsp3) is 0.150. The Morgan fingerprint density at radius 3 is 2.17 bits per heavy atom. The first-order valence-electron chi connectivity index (χ1n) is 8.64. The van der Waals surface area contributed by atoms with Gasteiger partial charge in [-0.25, -0.2) is 8.42 Å². The van der Waals surface area contributed by atoms with Crippen LogP contribution in [0.4, 0.5) is 0 Å². The zero-order valence-electron chi connectivity index (χ0n) is 15.2. The van der Waals surface area contributed by atoms with E-state index in [1.54, 1.807) is 36.4 Å². The van der Waals surface area contributed by atoms with Crippen LogP contribution in [0, 0.1) is 0 Å². The van der Waals surface area contributed by atoms with Gasteiger partial charge in [0.25, 0.3) is 0 Å². The van der Waals surface area contributed by atoms with Crippen LogP contribution in [0.3, 0.4) is 0 Å². The molecule has 6 nitrogen and oxygen atoms in total. The van der Waals surface area contributed by atoms with Crippen molar-refractivity contribution in [2.45, 2.75) is 18.0 Å². The van der Waals surface area contributed by atoms with Gasteiger partial charge in [-0.3, -0.25) is 4.79 Å². The molecule has 3 aromatic rings. The van der Waals surface area contributed by atoms with E-state index in [1.165, 1.54) is 30.5 Å². The van der Waals surface area contributed by atoms with Crippen LogP contribution in [0.25, 0.3) is 0 Å². The number of rotatable bonds is 8. The second kappa shape index (κ2) is 9.45. The van der Waals surface area contributed by atoms with Crippen molar-refractivity contribution in [2.75, 3.05) is 6.54 Å². The maximum atomic E-state index is 13.1. The molecule has 0 saturated carbocycles. The molecule has 0 aliphatic rings. The van der Waals surface area contributed by atoms with Crippen LogP contribution in [0.5, 0.6) is 0 Å². The van der Waals surface area contributed by atoms with E-state index in [9.17, 15) is 13.2 Å². The van der Waals surface area contributed by atoms with Gasteiger partial charge in [0.1, 0.15) is 5.76 Å². The predicted molar refractivity (Wildman–Crippen MR) is 111 cm³/mol. The lowest BCUT2D eigenvalue weighted by Crippen LogP contribution is -2.40. The topological polar surface area (TPSA) is 79.6 Å². The van der Waals surface area contributed by atoms with E-state index in [2.05, 4.69) is 5.32 Å². The van der Waals surface area contributed by atoms with E-state index in [0.717, 1.165) is 4.31 Å². The molecule has 0 aliphatic heterocycles. The molecule has 1 heterocycles. The first-order chi connectivity index (χ1) is 13.8. The molecule has 0 spiro atoms. The SMILES string of the molecule is O=C(CN(Cc1ccc(Cl)cc1)S(=O)(=O)c1ccc(Cl)cc1)NCc1ccco1. The number of benzene rings is 2. The van der Waals surface area contributed by atoms with E-state index in [-0.39, 0.29) is 24.5 Å². The fourth-order valence-electron chi connectivity index (χ4n) is 2.59. The Morgan fingerprint density at radius 2 is 1.59 bits per heavy atom. The monoisotopic (exact) mass is 452 g/mol. The molecule has 0 radical (unpaired) electrons. The summed E-state index contributed by atoms with van der Waals surface area (Å²) in [6, 6.07) is 16.0. The number of hydrogen-bond donors (Lipinski definition) is 1. The lowest BCUT2D eigenvalue weighted by molar-refractivity contribution is -0.121. The fourth-order valence-corrected chi connectivity index (χ4v) is 4.23. The minimum absolute atomic E-state index is 0.0102. The Bertz CT molecular complexity index is 1050. The van der Waals surface area contributed by atoms with Crippen LogP contribution >= 0.6 is 23.2 Å². The van der Waals surface area contributed by atoms with Crippen LogP contribution in [0.2, 0.25) is 10.0 Å². The largest absolute Gasteiger partial charge is 0.467 e. The van der Waals surface area contributed by atoms with Gasteiger partial charge >= 0.3 is 0 Å². The second-order valence-corrected chi connectivity index (χ2v) is 9.02. The molecule has 152 valence electrons. The number of carbonyl (C=O) groups excluding carboxylic acids is 1. The van der Waals surface area contributed by atoms with Crippen molar-refractivity contribution in [3.8, 4) is 0 Å². The Labute approximate surface area is 179 Å². The summed E-state index contributed by atoms with van der Waals surface area (Å²) in [7, 11) is -3.94. The molecule has 0 saturated heterocycles. The average molecular weight is 453 g/mol. The van der Waals surface area contributed by atoms with Crippen molar-refractivity contribution in [2.24, 2.45) is 0 Å². The summed E-state index contributed by atoms with van der Waals surface area (Å²) in [5.74, 6) is 0.121. The first-order valence-corrected chi connectivity index (χ1v) is 10.8. The Balaban J connectivity index is 1.81. The highest BCUT2D eigenvalue weighted by Gasteiger charge is 2.27. The Hall–Kier alpha value is -2.32. The van der Waals surface area contributed by atoms with Crippen LogP contribution in [-0.4, -0.2) is 25.2 Å². The predicted octanol–water partition coefficient (Wildman–Crippen LogP) is 4.09. The highest BCUT2D eigenvalue weighted by atomic mass is 35.5. The normalized spacial score (nSPS) is 11.6. The molecule has 0 unspecified atom stereocenters. The van der Waals surface area contributed by atoms with Crippen molar-refractivity contribution in [3.05, 3.63) is 88.3 Å². The third kappa shape index (κ3) is 5.83. The number of halogens is 2. The third-order valence-electron chi connectivity index (χ3n) is 4.08. The molecule has 1 aromatic heterocycles. The van der Waals surface area contributed by atoms with Crippen molar-refractivity contribution in [1.29, 1.82) is 0 Å². The summed E-state index contributed by atoms with van der Waals surface area (Å²) in [6.07, 6.45) is 1.50.